The van der Waals surface area contributed by atoms with E-state index in [9.17, 15) is 0 Å². The normalized spacial score (nSPS) is 18.0. The molecule has 0 amide bonds. The highest BCUT2D eigenvalue weighted by Gasteiger charge is 2.02. The molecule has 0 aromatic heterocycles. The van der Waals surface area contributed by atoms with Crippen LogP contribution in [0.3, 0.4) is 0 Å². The molecule has 1 nitrogen and oxygen atoms in total. The Labute approximate surface area is 59.2 Å². The molecule has 1 N–H and O–H groups in total. The van der Waals surface area contributed by atoms with Gasteiger partial charge in [-0.1, -0.05) is 22.9 Å². The predicted octanol–water partition coefficient (Wildman–Crippen LogP) is 1.79. The number of aliphatic hydroxyl groups excluding tert-OH is 1. The summed E-state index contributed by atoms with van der Waals surface area (Å²) in [4.78, 5) is 0. The van der Waals surface area contributed by atoms with Gasteiger partial charge in [-0.05, 0) is 19.3 Å². The van der Waals surface area contributed by atoms with E-state index in [2.05, 4.69) is 22.9 Å². The summed E-state index contributed by atoms with van der Waals surface area (Å²) < 4.78 is 0. The second-order valence-corrected chi connectivity index (χ2v) is 2.99. The van der Waals surface area contributed by atoms with E-state index in [1.807, 2.05) is 6.92 Å². The maximum atomic E-state index is 8.83. The highest BCUT2D eigenvalue weighted by Crippen LogP contribution is 2.07. The topological polar surface area (TPSA) is 20.2 Å². The first-order valence-corrected chi connectivity index (χ1v) is 4.03. The molecule has 0 fully saturated rings. The predicted molar refractivity (Wildman–Crippen MR) is 39.3 cm³/mol. The van der Waals surface area contributed by atoms with Gasteiger partial charge in [0.05, 0.1) is 6.10 Å². The molecule has 0 saturated heterocycles. The van der Waals surface area contributed by atoms with E-state index in [1.54, 1.807) is 0 Å². The first kappa shape index (κ1) is 8.44. The van der Waals surface area contributed by atoms with Crippen molar-refractivity contribution in [1.29, 1.82) is 0 Å². The molecule has 0 saturated carbocycles. The van der Waals surface area contributed by atoms with Crippen LogP contribution in [0.1, 0.15) is 20.3 Å². The number of rotatable bonds is 3. The first-order chi connectivity index (χ1) is 3.66. The summed E-state index contributed by atoms with van der Waals surface area (Å²) in [5, 5.41) is 9.82. The molecule has 0 radical (unpaired) electrons. The maximum absolute atomic E-state index is 8.83. The van der Waals surface area contributed by atoms with E-state index in [1.165, 1.54) is 0 Å². The van der Waals surface area contributed by atoms with Crippen molar-refractivity contribution in [2.75, 3.05) is 5.33 Å². The zero-order valence-corrected chi connectivity index (χ0v) is 6.98. The lowest BCUT2D eigenvalue weighted by atomic mass is 10.1. The van der Waals surface area contributed by atoms with E-state index in [-0.39, 0.29) is 6.10 Å². The molecular formula is C6H13BrO. The molecular weight excluding hydrogens is 168 g/mol. The first-order valence-electron chi connectivity index (χ1n) is 2.90. The minimum atomic E-state index is -0.150. The Hall–Kier alpha value is 0.440. The van der Waals surface area contributed by atoms with Gasteiger partial charge in [0.2, 0.25) is 0 Å². The Morgan fingerprint density at radius 2 is 2.00 bits per heavy atom. The van der Waals surface area contributed by atoms with Crippen molar-refractivity contribution in [1.82, 2.24) is 0 Å². The average Bonchev–Trinajstić information content (AvgIpc) is 1.65. The molecule has 0 aliphatic heterocycles. The highest BCUT2D eigenvalue weighted by molar-refractivity contribution is 9.09. The summed E-state index contributed by atoms with van der Waals surface area (Å²) in [7, 11) is 0. The van der Waals surface area contributed by atoms with Crippen LogP contribution < -0.4 is 0 Å². The third-order valence-corrected chi connectivity index (χ3v) is 2.11. The SMILES string of the molecule is CC(O)CC(C)CBr. The van der Waals surface area contributed by atoms with Gasteiger partial charge >= 0.3 is 0 Å². The second-order valence-electron chi connectivity index (χ2n) is 2.34. The zero-order valence-electron chi connectivity index (χ0n) is 5.39. The van der Waals surface area contributed by atoms with Crippen molar-refractivity contribution in [3.63, 3.8) is 0 Å². The van der Waals surface area contributed by atoms with Crippen LogP contribution in [0.2, 0.25) is 0 Å². The summed E-state index contributed by atoms with van der Waals surface area (Å²) in [6, 6.07) is 0. The molecule has 0 rings (SSSR count). The molecule has 0 heterocycles. The Bertz CT molecular complexity index is 54.5. The number of alkyl halides is 1. The Balaban J connectivity index is 3.10. The van der Waals surface area contributed by atoms with Crippen LogP contribution in [0.15, 0.2) is 0 Å². The van der Waals surface area contributed by atoms with Gasteiger partial charge in [0, 0.05) is 5.33 Å². The molecule has 50 valence electrons. The molecule has 0 aromatic carbocycles. The Kier molecular flexibility index (Phi) is 4.57. The molecule has 2 unspecified atom stereocenters. The Morgan fingerprint density at radius 1 is 1.50 bits per heavy atom. The van der Waals surface area contributed by atoms with E-state index in [0.717, 1.165) is 11.8 Å². The van der Waals surface area contributed by atoms with Gasteiger partial charge in [0.15, 0.2) is 0 Å². The van der Waals surface area contributed by atoms with Crippen molar-refractivity contribution < 1.29 is 5.11 Å². The van der Waals surface area contributed by atoms with Crippen LogP contribution in [-0.4, -0.2) is 16.5 Å². The van der Waals surface area contributed by atoms with Gasteiger partial charge in [-0.25, -0.2) is 0 Å². The molecule has 2 atom stereocenters. The lowest BCUT2D eigenvalue weighted by Gasteiger charge is -2.08. The maximum Gasteiger partial charge on any atom is 0.0514 e. The fraction of sp³-hybridized carbons (Fsp3) is 1.00. The third-order valence-electron chi connectivity index (χ3n) is 1.01. The van der Waals surface area contributed by atoms with Gasteiger partial charge in [-0.2, -0.15) is 0 Å². The number of hydrogen-bond donors (Lipinski definition) is 1. The van der Waals surface area contributed by atoms with E-state index < -0.39 is 0 Å². The molecule has 8 heavy (non-hydrogen) atoms. The van der Waals surface area contributed by atoms with Gasteiger partial charge in [-0.3, -0.25) is 0 Å². The summed E-state index contributed by atoms with van der Waals surface area (Å²) in [6.45, 7) is 3.93. The average molecular weight is 181 g/mol. The standard InChI is InChI=1S/C6H13BrO/c1-5(4-7)3-6(2)8/h5-6,8H,3-4H2,1-2H3. The van der Waals surface area contributed by atoms with Crippen molar-refractivity contribution in [3.05, 3.63) is 0 Å². The van der Waals surface area contributed by atoms with Crippen molar-refractivity contribution in [2.45, 2.75) is 26.4 Å². The van der Waals surface area contributed by atoms with Crippen molar-refractivity contribution in [2.24, 2.45) is 5.92 Å². The fourth-order valence-corrected chi connectivity index (χ4v) is 0.910. The molecule has 2 heteroatoms. The van der Waals surface area contributed by atoms with E-state index >= 15 is 0 Å². The van der Waals surface area contributed by atoms with Gasteiger partial charge in [0.1, 0.15) is 0 Å². The summed E-state index contributed by atoms with van der Waals surface area (Å²) >= 11 is 3.33. The molecule has 0 spiro atoms. The van der Waals surface area contributed by atoms with E-state index in [4.69, 9.17) is 5.11 Å². The minimum Gasteiger partial charge on any atom is -0.393 e. The summed E-state index contributed by atoms with van der Waals surface area (Å²) in [5.74, 6) is 0.593. The highest BCUT2D eigenvalue weighted by atomic mass is 79.9. The lowest BCUT2D eigenvalue weighted by molar-refractivity contribution is 0.169. The van der Waals surface area contributed by atoms with Crippen LogP contribution in [0.4, 0.5) is 0 Å². The smallest absolute Gasteiger partial charge is 0.0514 e. The zero-order chi connectivity index (χ0) is 6.57. The summed E-state index contributed by atoms with van der Waals surface area (Å²) in [6.07, 6.45) is 0.744. The van der Waals surface area contributed by atoms with Crippen LogP contribution in [0, 0.1) is 5.92 Å². The largest absolute Gasteiger partial charge is 0.393 e. The van der Waals surface area contributed by atoms with Crippen molar-refractivity contribution in [3.8, 4) is 0 Å². The number of hydrogen-bond acceptors (Lipinski definition) is 1. The monoisotopic (exact) mass is 180 g/mol. The number of aliphatic hydroxyl groups is 1. The van der Waals surface area contributed by atoms with Gasteiger partial charge in [0.25, 0.3) is 0 Å². The third kappa shape index (κ3) is 4.60. The minimum absolute atomic E-state index is 0.150. The lowest BCUT2D eigenvalue weighted by Crippen LogP contribution is -2.07. The fourth-order valence-electron chi connectivity index (χ4n) is 0.645. The molecule has 0 aromatic rings. The van der Waals surface area contributed by atoms with Gasteiger partial charge in [-0.15, -0.1) is 0 Å². The van der Waals surface area contributed by atoms with Crippen LogP contribution in [-0.2, 0) is 0 Å². The summed E-state index contributed by atoms with van der Waals surface area (Å²) in [5.41, 5.74) is 0. The molecule has 0 bridgehead atoms. The quantitative estimate of drug-likeness (QED) is 0.658. The van der Waals surface area contributed by atoms with Gasteiger partial charge < -0.3 is 5.11 Å². The van der Waals surface area contributed by atoms with Crippen LogP contribution in [0.5, 0.6) is 0 Å². The van der Waals surface area contributed by atoms with Crippen molar-refractivity contribution >= 4 is 15.9 Å². The number of halogens is 1. The molecule has 0 aliphatic rings. The van der Waals surface area contributed by atoms with E-state index in [0.29, 0.717) is 5.92 Å². The second kappa shape index (κ2) is 4.33. The van der Waals surface area contributed by atoms with Crippen LogP contribution >= 0.6 is 15.9 Å². The Morgan fingerprint density at radius 3 is 2.12 bits per heavy atom. The van der Waals surface area contributed by atoms with Crippen LogP contribution in [0.25, 0.3) is 0 Å². The molecule has 0 aliphatic carbocycles.